The number of ether oxygens (including phenoxy) is 1. The van der Waals surface area contributed by atoms with E-state index < -0.39 is 5.91 Å². The van der Waals surface area contributed by atoms with Gasteiger partial charge in [-0.15, -0.1) is 5.10 Å². The average Bonchev–Trinajstić information content (AvgIpc) is 3.53. The summed E-state index contributed by atoms with van der Waals surface area (Å²) in [5, 5.41) is 6.99. The second-order valence-electron chi connectivity index (χ2n) is 8.68. The van der Waals surface area contributed by atoms with Crippen LogP contribution >= 0.6 is 0 Å². The van der Waals surface area contributed by atoms with Crippen LogP contribution in [0.15, 0.2) is 67.0 Å². The van der Waals surface area contributed by atoms with Crippen molar-refractivity contribution in [3.63, 3.8) is 0 Å². The first-order valence-electron chi connectivity index (χ1n) is 12.3. The minimum atomic E-state index is -0.399. The first-order chi connectivity index (χ1) is 18.0. The van der Waals surface area contributed by atoms with Gasteiger partial charge in [-0.05, 0) is 43.5 Å². The van der Waals surface area contributed by atoms with Crippen molar-refractivity contribution in [2.75, 3.05) is 12.4 Å². The lowest BCUT2D eigenvalue weighted by Crippen LogP contribution is -2.16. The van der Waals surface area contributed by atoms with Gasteiger partial charge in [0, 0.05) is 13.1 Å². The number of hydrogen-bond acceptors (Lipinski definition) is 6. The van der Waals surface area contributed by atoms with Gasteiger partial charge in [-0.3, -0.25) is 14.8 Å². The van der Waals surface area contributed by atoms with E-state index >= 15 is 0 Å². The molecule has 188 valence electrons. The maximum atomic E-state index is 13.2. The molecule has 1 amide bonds. The molecule has 37 heavy (non-hydrogen) atoms. The summed E-state index contributed by atoms with van der Waals surface area (Å²) >= 11 is 0. The van der Waals surface area contributed by atoms with Crippen LogP contribution in [0.1, 0.15) is 52.6 Å². The third-order valence-corrected chi connectivity index (χ3v) is 6.47. The second-order valence-corrected chi connectivity index (χ2v) is 8.68. The Labute approximate surface area is 215 Å². The molecule has 0 aliphatic heterocycles. The number of methoxy groups -OCH3 is 1. The van der Waals surface area contributed by atoms with Crippen LogP contribution in [0.5, 0.6) is 5.88 Å². The number of rotatable bonds is 8. The normalized spacial score (nSPS) is 12.0. The number of nitrogens with zero attached hydrogens (tertiary/aromatic N) is 6. The molecule has 3 aromatic heterocycles. The molecule has 3 heterocycles. The summed E-state index contributed by atoms with van der Waals surface area (Å²) in [4.78, 5) is 27.0. The van der Waals surface area contributed by atoms with Crippen LogP contribution in [0.25, 0.3) is 11.2 Å². The van der Waals surface area contributed by atoms with Crippen molar-refractivity contribution in [1.29, 1.82) is 0 Å². The molecule has 5 rings (SSSR count). The predicted octanol–water partition coefficient (Wildman–Crippen LogP) is 4.81. The molecule has 0 aliphatic carbocycles. The van der Waals surface area contributed by atoms with Gasteiger partial charge >= 0.3 is 0 Å². The summed E-state index contributed by atoms with van der Waals surface area (Å²) in [5.74, 6) is 0.765. The summed E-state index contributed by atoms with van der Waals surface area (Å²) in [7, 11) is 1.49. The number of anilines is 1. The second kappa shape index (κ2) is 10.2. The quantitative estimate of drug-likeness (QED) is 0.332. The highest BCUT2D eigenvalue weighted by atomic mass is 16.5. The lowest BCUT2D eigenvalue weighted by molar-refractivity contribution is 0.102. The van der Waals surface area contributed by atoms with E-state index in [2.05, 4.69) is 69.1 Å². The van der Waals surface area contributed by atoms with Crippen LogP contribution in [0, 0.1) is 6.92 Å². The Morgan fingerprint density at radius 2 is 1.78 bits per heavy atom. The van der Waals surface area contributed by atoms with E-state index in [0.717, 1.165) is 16.9 Å². The molecule has 0 fully saturated rings. The monoisotopic (exact) mass is 495 g/mol. The minimum absolute atomic E-state index is 0.109. The van der Waals surface area contributed by atoms with E-state index in [0.29, 0.717) is 18.7 Å². The first-order valence-corrected chi connectivity index (χ1v) is 12.3. The Morgan fingerprint density at radius 3 is 2.46 bits per heavy atom. The summed E-state index contributed by atoms with van der Waals surface area (Å²) in [6.45, 7) is 7.43. The van der Waals surface area contributed by atoms with E-state index in [1.54, 1.807) is 17.1 Å². The number of benzene rings is 2. The zero-order valence-electron chi connectivity index (χ0n) is 21.3. The van der Waals surface area contributed by atoms with Gasteiger partial charge in [-0.25, -0.2) is 9.97 Å². The van der Waals surface area contributed by atoms with Gasteiger partial charge in [0.05, 0.1) is 18.5 Å². The molecule has 0 aliphatic rings. The maximum absolute atomic E-state index is 13.2. The first kappa shape index (κ1) is 24.2. The average molecular weight is 496 g/mol. The molecule has 0 saturated carbocycles. The highest BCUT2D eigenvalue weighted by Gasteiger charge is 2.27. The minimum Gasteiger partial charge on any atom is -0.480 e. The standard InChI is InChI=1S/C28H29N7O2/c1-5-34-17-29-28(33-34)32-26(36)21-16-22-24(31-27(21)37-4)30-25(35(22)6-2)23(19-13-8-7-9-14-19)20-15-11-10-12-18(20)3/h7-17,23H,5-6H2,1-4H3,(H,32,33,36). The number of amides is 1. The highest BCUT2D eigenvalue weighted by molar-refractivity contribution is 6.06. The smallest absolute Gasteiger partial charge is 0.263 e. The van der Waals surface area contributed by atoms with Gasteiger partial charge in [0.2, 0.25) is 11.8 Å². The van der Waals surface area contributed by atoms with Crippen molar-refractivity contribution in [2.45, 2.75) is 39.8 Å². The van der Waals surface area contributed by atoms with Crippen LogP contribution in [0.4, 0.5) is 5.95 Å². The van der Waals surface area contributed by atoms with Crippen LogP contribution in [0.3, 0.4) is 0 Å². The number of imidazole rings is 1. The van der Waals surface area contributed by atoms with E-state index in [-0.39, 0.29) is 23.3 Å². The topological polar surface area (TPSA) is 99.8 Å². The molecule has 2 aromatic carbocycles. The Bertz CT molecular complexity index is 1560. The molecule has 1 unspecified atom stereocenters. The summed E-state index contributed by atoms with van der Waals surface area (Å²) in [5.41, 5.74) is 5.04. The van der Waals surface area contributed by atoms with Crippen LogP contribution < -0.4 is 10.1 Å². The molecule has 0 radical (unpaired) electrons. The number of aromatic nitrogens is 6. The Kier molecular flexibility index (Phi) is 6.68. The molecule has 9 nitrogen and oxygen atoms in total. The Balaban J connectivity index is 1.65. The number of carbonyl (C=O) groups is 1. The van der Waals surface area contributed by atoms with Crippen LogP contribution in [-0.2, 0) is 13.1 Å². The van der Waals surface area contributed by atoms with Crippen molar-refractivity contribution >= 4 is 23.0 Å². The predicted molar refractivity (Wildman–Crippen MR) is 142 cm³/mol. The molecule has 0 bridgehead atoms. The molecule has 0 spiro atoms. The largest absolute Gasteiger partial charge is 0.480 e. The molecule has 9 heteroatoms. The van der Waals surface area contributed by atoms with Crippen molar-refractivity contribution in [3.8, 4) is 5.88 Å². The van der Waals surface area contributed by atoms with E-state index in [9.17, 15) is 4.79 Å². The fraction of sp³-hybridized carbons (Fsp3) is 0.250. The van der Waals surface area contributed by atoms with E-state index in [1.165, 1.54) is 18.2 Å². The Hall–Kier alpha value is -4.53. The number of nitrogens with one attached hydrogen (secondary N) is 1. The number of aryl methyl sites for hydroxylation is 3. The van der Waals surface area contributed by atoms with Gasteiger partial charge in [-0.1, -0.05) is 54.6 Å². The van der Waals surface area contributed by atoms with Crippen molar-refractivity contribution < 1.29 is 9.53 Å². The molecule has 5 aromatic rings. The lowest BCUT2D eigenvalue weighted by Gasteiger charge is -2.21. The zero-order chi connectivity index (χ0) is 25.9. The SMILES string of the molecule is CCn1cnc(NC(=O)c2cc3c(nc2OC)nc(C(c2ccccc2)c2ccccc2C)n3CC)n1. The van der Waals surface area contributed by atoms with Gasteiger partial charge in [0.1, 0.15) is 17.7 Å². The summed E-state index contributed by atoms with van der Waals surface area (Å²) in [6, 6.07) is 20.5. The number of hydrogen-bond donors (Lipinski definition) is 1. The lowest BCUT2D eigenvalue weighted by atomic mass is 9.87. The Morgan fingerprint density at radius 1 is 1.03 bits per heavy atom. The molecule has 0 saturated heterocycles. The number of fused-ring (bicyclic) bond motifs is 1. The van der Waals surface area contributed by atoms with Gasteiger partial charge in [-0.2, -0.15) is 4.98 Å². The van der Waals surface area contributed by atoms with Gasteiger partial charge < -0.3 is 9.30 Å². The zero-order valence-corrected chi connectivity index (χ0v) is 21.3. The van der Waals surface area contributed by atoms with Crippen LogP contribution in [-0.4, -0.2) is 42.3 Å². The highest BCUT2D eigenvalue weighted by Crippen LogP contribution is 2.35. The number of carbonyl (C=O) groups excluding carboxylic acids is 1. The van der Waals surface area contributed by atoms with E-state index in [1.807, 2.05) is 31.2 Å². The summed E-state index contributed by atoms with van der Waals surface area (Å²) < 4.78 is 9.26. The third kappa shape index (κ3) is 4.55. The van der Waals surface area contributed by atoms with Crippen LogP contribution in [0.2, 0.25) is 0 Å². The summed E-state index contributed by atoms with van der Waals surface area (Å²) in [6.07, 6.45) is 1.57. The number of pyridine rings is 1. The molecule has 1 N–H and O–H groups in total. The fourth-order valence-electron chi connectivity index (χ4n) is 4.62. The van der Waals surface area contributed by atoms with Crippen molar-refractivity contribution in [3.05, 3.63) is 95.1 Å². The van der Waals surface area contributed by atoms with E-state index in [4.69, 9.17) is 9.72 Å². The van der Waals surface area contributed by atoms with Gasteiger partial charge in [0.15, 0.2) is 5.65 Å². The third-order valence-electron chi connectivity index (χ3n) is 6.47. The van der Waals surface area contributed by atoms with Gasteiger partial charge in [0.25, 0.3) is 5.91 Å². The van der Waals surface area contributed by atoms with Crippen molar-refractivity contribution in [2.24, 2.45) is 0 Å². The van der Waals surface area contributed by atoms with Crippen molar-refractivity contribution in [1.82, 2.24) is 29.3 Å². The molecule has 1 atom stereocenters. The fourth-order valence-corrected chi connectivity index (χ4v) is 4.62. The molecular weight excluding hydrogens is 466 g/mol. The molecular formula is C28H29N7O2. The maximum Gasteiger partial charge on any atom is 0.263 e.